The number of amides is 1. The molecule has 0 aliphatic carbocycles. The zero-order valence-corrected chi connectivity index (χ0v) is 20.1. The van der Waals surface area contributed by atoms with Crippen LogP contribution in [0.1, 0.15) is 18.9 Å². The summed E-state index contributed by atoms with van der Waals surface area (Å²) in [5.74, 6) is 2.18. The van der Waals surface area contributed by atoms with Crippen LogP contribution in [0.15, 0.2) is 77.4 Å². The predicted octanol–water partition coefficient (Wildman–Crippen LogP) is 4.45. The fraction of sp³-hybridized carbons (Fsp3) is 0.321. The molecule has 2 aromatic heterocycles. The van der Waals surface area contributed by atoms with Crippen molar-refractivity contribution in [1.29, 1.82) is 0 Å². The molecule has 35 heavy (non-hydrogen) atoms. The minimum absolute atomic E-state index is 0.198. The molecule has 1 fully saturated rings. The lowest BCUT2D eigenvalue weighted by Crippen LogP contribution is -2.49. The Labute approximate surface area is 206 Å². The maximum Gasteiger partial charge on any atom is 0.224 e. The molecule has 0 unspecified atom stereocenters. The molecule has 0 bridgehead atoms. The van der Waals surface area contributed by atoms with Crippen molar-refractivity contribution in [2.24, 2.45) is 0 Å². The summed E-state index contributed by atoms with van der Waals surface area (Å²) in [5.41, 5.74) is 2.02. The van der Waals surface area contributed by atoms with Crippen molar-refractivity contribution >= 4 is 22.6 Å². The Bertz CT molecular complexity index is 1250. The molecular formula is C28H31N5O2. The van der Waals surface area contributed by atoms with Gasteiger partial charge in [-0.3, -0.25) is 4.79 Å². The SMILES string of the molecule is CCN1CCN(C(=O)CCN(Cc2ccccc2)c2nc(-c3ccco3)nc3ccccc23)CC1. The third-order valence-corrected chi connectivity index (χ3v) is 6.61. The minimum Gasteiger partial charge on any atom is -0.461 e. The molecule has 180 valence electrons. The van der Waals surface area contributed by atoms with Crippen molar-refractivity contribution in [1.82, 2.24) is 19.8 Å². The van der Waals surface area contributed by atoms with Crippen LogP contribution in [0.3, 0.4) is 0 Å². The van der Waals surface area contributed by atoms with E-state index in [1.165, 1.54) is 5.56 Å². The highest BCUT2D eigenvalue weighted by atomic mass is 16.3. The van der Waals surface area contributed by atoms with Gasteiger partial charge in [-0.15, -0.1) is 0 Å². The highest BCUT2D eigenvalue weighted by Crippen LogP contribution is 2.29. The van der Waals surface area contributed by atoms with Crippen molar-refractivity contribution in [2.75, 3.05) is 44.2 Å². The number of benzene rings is 2. The molecule has 0 radical (unpaired) electrons. The third-order valence-electron chi connectivity index (χ3n) is 6.61. The lowest BCUT2D eigenvalue weighted by molar-refractivity contribution is -0.132. The number of nitrogens with zero attached hydrogens (tertiary/aromatic N) is 5. The summed E-state index contributed by atoms with van der Waals surface area (Å²) < 4.78 is 5.61. The van der Waals surface area contributed by atoms with E-state index in [0.29, 0.717) is 31.1 Å². The van der Waals surface area contributed by atoms with Gasteiger partial charge in [0.15, 0.2) is 11.6 Å². The summed E-state index contributed by atoms with van der Waals surface area (Å²) >= 11 is 0. The maximum absolute atomic E-state index is 13.1. The van der Waals surface area contributed by atoms with Crippen LogP contribution in [0.2, 0.25) is 0 Å². The van der Waals surface area contributed by atoms with E-state index in [-0.39, 0.29) is 5.91 Å². The van der Waals surface area contributed by atoms with Crippen molar-refractivity contribution in [3.63, 3.8) is 0 Å². The van der Waals surface area contributed by atoms with Crippen LogP contribution in [0, 0.1) is 0 Å². The number of carbonyl (C=O) groups is 1. The predicted molar refractivity (Wildman–Crippen MR) is 138 cm³/mol. The summed E-state index contributed by atoms with van der Waals surface area (Å²) in [6, 6.07) is 22.0. The zero-order chi connectivity index (χ0) is 24.0. The molecule has 7 heteroatoms. The second-order valence-corrected chi connectivity index (χ2v) is 8.84. The number of furan rings is 1. The van der Waals surface area contributed by atoms with Gasteiger partial charge in [0.2, 0.25) is 5.91 Å². The van der Waals surface area contributed by atoms with Gasteiger partial charge < -0.3 is 19.1 Å². The van der Waals surface area contributed by atoms with Crippen LogP contribution in [0.5, 0.6) is 0 Å². The fourth-order valence-corrected chi connectivity index (χ4v) is 4.58. The summed E-state index contributed by atoms with van der Waals surface area (Å²) in [5, 5.41) is 0.961. The van der Waals surface area contributed by atoms with E-state index >= 15 is 0 Å². The number of carbonyl (C=O) groups excluding carboxylic acids is 1. The quantitative estimate of drug-likeness (QED) is 0.380. The average Bonchev–Trinajstić information content (AvgIpc) is 3.46. The normalized spacial score (nSPS) is 14.4. The van der Waals surface area contributed by atoms with Gasteiger partial charge in [-0.2, -0.15) is 0 Å². The molecule has 0 atom stereocenters. The third kappa shape index (κ3) is 5.35. The smallest absolute Gasteiger partial charge is 0.224 e. The van der Waals surface area contributed by atoms with Crippen molar-refractivity contribution in [2.45, 2.75) is 19.9 Å². The highest BCUT2D eigenvalue weighted by Gasteiger charge is 2.22. The molecule has 1 saturated heterocycles. The van der Waals surface area contributed by atoms with Crippen LogP contribution in [-0.2, 0) is 11.3 Å². The van der Waals surface area contributed by atoms with E-state index in [4.69, 9.17) is 14.4 Å². The number of para-hydroxylation sites is 1. The van der Waals surface area contributed by atoms with Crippen LogP contribution >= 0.6 is 0 Å². The standard InChI is InChI=1S/C28H31N5O2/c1-2-31-16-18-32(19-17-31)26(34)14-15-33(21-22-9-4-3-5-10-22)28-23-11-6-7-12-24(23)29-27(30-28)25-13-8-20-35-25/h3-13,20H,2,14-19,21H2,1H3. The molecular weight excluding hydrogens is 438 g/mol. The van der Waals surface area contributed by atoms with E-state index in [0.717, 1.165) is 49.4 Å². The van der Waals surface area contributed by atoms with Gasteiger partial charge in [-0.05, 0) is 36.4 Å². The summed E-state index contributed by atoms with van der Waals surface area (Å²) in [7, 11) is 0. The lowest BCUT2D eigenvalue weighted by Gasteiger charge is -2.34. The molecule has 1 aliphatic heterocycles. The minimum atomic E-state index is 0.198. The van der Waals surface area contributed by atoms with E-state index in [1.54, 1.807) is 6.26 Å². The van der Waals surface area contributed by atoms with E-state index in [1.807, 2.05) is 59.5 Å². The number of hydrogen-bond donors (Lipinski definition) is 0. The summed E-state index contributed by atoms with van der Waals surface area (Å²) in [6.45, 7) is 7.90. The van der Waals surface area contributed by atoms with E-state index in [2.05, 4.69) is 28.9 Å². The molecule has 1 aliphatic rings. The first kappa shape index (κ1) is 23.1. The topological polar surface area (TPSA) is 65.7 Å². The monoisotopic (exact) mass is 469 g/mol. The summed E-state index contributed by atoms with van der Waals surface area (Å²) in [6.07, 6.45) is 2.07. The molecule has 3 heterocycles. The maximum atomic E-state index is 13.1. The number of rotatable bonds is 8. The van der Waals surface area contributed by atoms with Gasteiger partial charge in [-0.1, -0.05) is 49.4 Å². The van der Waals surface area contributed by atoms with Gasteiger partial charge in [0.1, 0.15) is 5.82 Å². The second kappa shape index (κ2) is 10.7. The molecule has 2 aromatic carbocycles. The van der Waals surface area contributed by atoms with Gasteiger partial charge in [0.25, 0.3) is 0 Å². The van der Waals surface area contributed by atoms with E-state index < -0.39 is 0 Å². The Kier molecular flexibility index (Phi) is 7.04. The Morgan fingerprint density at radius 3 is 2.46 bits per heavy atom. The number of aromatic nitrogens is 2. The molecule has 0 spiro atoms. The first-order valence-corrected chi connectivity index (χ1v) is 12.3. The van der Waals surface area contributed by atoms with Crippen molar-refractivity contribution in [3.05, 3.63) is 78.6 Å². The summed E-state index contributed by atoms with van der Waals surface area (Å²) in [4.78, 5) is 29.4. The van der Waals surface area contributed by atoms with Crippen molar-refractivity contribution < 1.29 is 9.21 Å². The van der Waals surface area contributed by atoms with Crippen LogP contribution < -0.4 is 4.90 Å². The van der Waals surface area contributed by atoms with Gasteiger partial charge in [0, 0.05) is 51.1 Å². The molecule has 4 aromatic rings. The zero-order valence-electron chi connectivity index (χ0n) is 20.1. The first-order valence-electron chi connectivity index (χ1n) is 12.3. The Morgan fingerprint density at radius 2 is 1.71 bits per heavy atom. The molecule has 0 saturated carbocycles. The molecule has 1 amide bonds. The number of hydrogen-bond acceptors (Lipinski definition) is 6. The Morgan fingerprint density at radius 1 is 0.943 bits per heavy atom. The van der Waals surface area contributed by atoms with Gasteiger partial charge in [0.05, 0.1) is 11.8 Å². The van der Waals surface area contributed by atoms with Gasteiger partial charge in [-0.25, -0.2) is 9.97 Å². The molecule has 7 nitrogen and oxygen atoms in total. The van der Waals surface area contributed by atoms with Crippen LogP contribution in [0.4, 0.5) is 5.82 Å². The number of likely N-dealkylation sites (N-methyl/N-ethyl adjacent to an activating group) is 1. The van der Waals surface area contributed by atoms with Crippen molar-refractivity contribution in [3.8, 4) is 11.6 Å². The largest absolute Gasteiger partial charge is 0.461 e. The Hall–Kier alpha value is -3.71. The molecule has 0 N–H and O–H groups in total. The Balaban J connectivity index is 1.45. The number of piperazine rings is 1. The molecule has 5 rings (SSSR count). The second-order valence-electron chi connectivity index (χ2n) is 8.84. The average molecular weight is 470 g/mol. The van der Waals surface area contributed by atoms with Gasteiger partial charge >= 0.3 is 0 Å². The number of fused-ring (bicyclic) bond motifs is 1. The number of anilines is 1. The highest BCUT2D eigenvalue weighted by molar-refractivity contribution is 5.91. The van der Waals surface area contributed by atoms with Crippen LogP contribution in [-0.4, -0.2) is 64.9 Å². The van der Waals surface area contributed by atoms with Crippen LogP contribution in [0.25, 0.3) is 22.5 Å². The fourth-order valence-electron chi connectivity index (χ4n) is 4.58. The lowest BCUT2D eigenvalue weighted by atomic mass is 10.1. The first-order chi connectivity index (χ1) is 17.2. The van der Waals surface area contributed by atoms with E-state index in [9.17, 15) is 4.79 Å².